The Morgan fingerprint density at radius 3 is 2.55 bits per heavy atom. The lowest BCUT2D eigenvalue weighted by molar-refractivity contribution is -0.0575. The zero-order chi connectivity index (χ0) is 14.4. The van der Waals surface area contributed by atoms with Crippen molar-refractivity contribution in [3.8, 4) is 11.5 Å². The topological polar surface area (TPSA) is 47.9 Å². The Kier molecular flexibility index (Phi) is 5.68. The maximum absolute atomic E-state index is 9.86. The predicted molar refractivity (Wildman–Crippen MR) is 77.5 cm³/mol. The van der Waals surface area contributed by atoms with E-state index in [1.54, 1.807) is 14.2 Å². The summed E-state index contributed by atoms with van der Waals surface area (Å²) >= 11 is 0. The SMILES string of the molecule is COc1ccc(CCOC2CCCCC2O)cc1OC. The summed E-state index contributed by atoms with van der Waals surface area (Å²) in [5, 5.41) is 9.86. The lowest BCUT2D eigenvalue weighted by atomic mass is 9.95. The molecule has 1 aliphatic rings. The van der Waals surface area contributed by atoms with Gasteiger partial charge in [0.25, 0.3) is 0 Å². The third-order valence-corrected chi connectivity index (χ3v) is 3.84. The Morgan fingerprint density at radius 1 is 1.10 bits per heavy atom. The summed E-state index contributed by atoms with van der Waals surface area (Å²) in [5.74, 6) is 1.47. The summed E-state index contributed by atoms with van der Waals surface area (Å²) in [7, 11) is 3.27. The van der Waals surface area contributed by atoms with Crippen LogP contribution in [0.25, 0.3) is 0 Å². The van der Waals surface area contributed by atoms with E-state index >= 15 is 0 Å². The van der Waals surface area contributed by atoms with Crippen LogP contribution in [0.15, 0.2) is 18.2 Å². The van der Waals surface area contributed by atoms with Crippen LogP contribution in [0.3, 0.4) is 0 Å². The summed E-state index contributed by atoms with van der Waals surface area (Å²) in [4.78, 5) is 0. The first-order valence-corrected chi connectivity index (χ1v) is 7.25. The van der Waals surface area contributed by atoms with Crippen molar-refractivity contribution in [1.29, 1.82) is 0 Å². The molecule has 0 aromatic heterocycles. The summed E-state index contributed by atoms with van der Waals surface area (Å²) in [6.45, 7) is 0.622. The van der Waals surface area contributed by atoms with E-state index in [1.807, 2.05) is 18.2 Å². The van der Waals surface area contributed by atoms with Crippen molar-refractivity contribution in [2.24, 2.45) is 0 Å². The van der Waals surface area contributed by atoms with Gasteiger partial charge in [-0.05, 0) is 37.0 Å². The van der Waals surface area contributed by atoms with Gasteiger partial charge in [0.1, 0.15) is 0 Å². The van der Waals surface area contributed by atoms with Gasteiger partial charge in [-0.15, -0.1) is 0 Å². The smallest absolute Gasteiger partial charge is 0.160 e. The van der Waals surface area contributed by atoms with Crippen molar-refractivity contribution in [3.63, 3.8) is 0 Å². The van der Waals surface area contributed by atoms with Crippen LogP contribution in [0, 0.1) is 0 Å². The van der Waals surface area contributed by atoms with Crippen LogP contribution < -0.4 is 9.47 Å². The number of ether oxygens (including phenoxy) is 3. The van der Waals surface area contributed by atoms with Crippen LogP contribution in [0.5, 0.6) is 11.5 Å². The number of aliphatic hydroxyl groups excluding tert-OH is 1. The first-order chi connectivity index (χ1) is 9.74. The molecule has 0 heterocycles. The molecule has 0 aliphatic heterocycles. The van der Waals surface area contributed by atoms with Gasteiger partial charge in [-0.2, -0.15) is 0 Å². The number of aliphatic hydroxyl groups is 1. The van der Waals surface area contributed by atoms with E-state index in [9.17, 15) is 5.11 Å². The zero-order valence-corrected chi connectivity index (χ0v) is 12.3. The van der Waals surface area contributed by atoms with Gasteiger partial charge in [0.05, 0.1) is 33.0 Å². The van der Waals surface area contributed by atoms with Crippen molar-refractivity contribution in [2.75, 3.05) is 20.8 Å². The lowest BCUT2D eigenvalue weighted by Gasteiger charge is -2.27. The van der Waals surface area contributed by atoms with E-state index in [0.29, 0.717) is 6.61 Å². The molecule has 4 heteroatoms. The fourth-order valence-corrected chi connectivity index (χ4v) is 2.64. The van der Waals surface area contributed by atoms with Gasteiger partial charge >= 0.3 is 0 Å². The fourth-order valence-electron chi connectivity index (χ4n) is 2.64. The van der Waals surface area contributed by atoms with Crippen molar-refractivity contribution >= 4 is 0 Å². The third kappa shape index (κ3) is 3.87. The minimum Gasteiger partial charge on any atom is -0.493 e. The Morgan fingerprint density at radius 2 is 1.85 bits per heavy atom. The molecule has 1 N–H and O–H groups in total. The molecule has 2 atom stereocenters. The zero-order valence-electron chi connectivity index (χ0n) is 12.3. The van der Waals surface area contributed by atoms with Crippen LogP contribution in [0.1, 0.15) is 31.2 Å². The van der Waals surface area contributed by atoms with E-state index in [-0.39, 0.29) is 12.2 Å². The molecule has 0 radical (unpaired) electrons. The molecule has 1 aromatic rings. The minimum absolute atomic E-state index is 0.00361. The molecule has 112 valence electrons. The standard InChI is InChI=1S/C16H24O4/c1-18-15-8-7-12(11-16(15)19-2)9-10-20-14-6-4-3-5-13(14)17/h7-8,11,13-14,17H,3-6,9-10H2,1-2H3. The Balaban J connectivity index is 1.84. The number of rotatable bonds is 6. The molecule has 2 unspecified atom stereocenters. The van der Waals surface area contributed by atoms with Gasteiger partial charge in [-0.3, -0.25) is 0 Å². The number of hydrogen-bond acceptors (Lipinski definition) is 4. The summed E-state index contributed by atoms with van der Waals surface area (Å²) in [6, 6.07) is 5.89. The largest absolute Gasteiger partial charge is 0.493 e. The average Bonchev–Trinajstić information content (AvgIpc) is 2.49. The highest BCUT2D eigenvalue weighted by Crippen LogP contribution is 2.28. The molecular weight excluding hydrogens is 256 g/mol. The maximum Gasteiger partial charge on any atom is 0.160 e. The molecule has 20 heavy (non-hydrogen) atoms. The highest BCUT2D eigenvalue weighted by molar-refractivity contribution is 5.42. The van der Waals surface area contributed by atoms with Gasteiger partial charge < -0.3 is 19.3 Å². The molecule has 0 saturated heterocycles. The summed E-state index contributed by atoms with van der Waals surface area (Å²) < 4.78 is 16.3. The maximum atomic E-state index is 9.86. The highest BCUT2D eigenvalue weighted by Gasteiger charge is 2.23. The molecule has 1 aromatic carbocycles. The van der Waals surface area contributed by atoms with E-state index in [2.05, 4.69) is 0 Å². The Bertz CT molecular complexity index is 419. The molecule has 0 spiro atoms. The van der Waals surface area contributed by atoms with Gasteiger partial charge in [0.15, 0.2) is 11.5 Å². The average molecular weight is 280 g/mol. The third-order valence-electron chi connectivity index (χ3n) is 3.84. The normalized spacial score (nSPS) is 22.6. The fraction of sp³-hybridized carbons (Fsp3) is 0.625. The lowest BCUT2D eigenvalue weighted by Crippen LogP contribution is -2.32. The van der Waals surface area contributed by atoms with Crippen LogP contribution in [0.2, 0.25) is 0 Å². The molecular formula is C16H24O4. The Labute approximate surface area is 120 Å². The van der Waals surface area contributed by atoms with Gasteiger partial charge in [0.2, 0.25) is 0 Å². The molecule has 4 nitrogen and oxygen atoms in total. The molecule has 2 rings (SSSR count). The summed E-state index contributed by atoms with van der Waals surface area (Å²) in [5.41, 5.74) is 1.15. The van der Waals surface area contributed by atoms with Gasteiger partial charge in [-0.1, -0.05) is 18.9 Å². The highest BCUT2D eigenvalue weighted by atomic mass is 16.5. The van der Waals surface area contributed by atoms with E-state index in [1.165, 1.54) is 0 Å². The number of methoxy groups -OCH3 is 2. The Hall–Kier alpha value is -1.26. The van der Waals surface area contributed by atoms with Crippen LogP contribution in [-0.4, -0.2) is 38.1 Å². The molecule has 1 aliphatic carbocycles. The van der Waals surface area contributed by atoms with Crippen molar-refractivity contribution in [1.82, 2.24) is 0 Å². The first kappa shape index (κ1) is 15.1. The number of benzene rings is 1. The second kappa shape index (κ2) is 7.50. The van der Waals surface area contributed by atoms with Crippen LogP contribution >= 0.6 is 0 Å². The second-order valence-corrected chi connectivity index (χ2v) is 5.20. The quantitative estimate of drug-likeness (QED) is 0.870. The molecule has 1 fully saturated rings. The monoisotopic (exact) mass is 280 g/mol. The van der Waals surface area contributed by atoms with Crippen molar-refractivity contribution < 1.29 is 19.3 Å². The van der Waals surface area contributed by atoms with E-state index in [4.69, 9.17) is 14.2 Å². The van der Waals surface area contributed by atoms with Crippen LogP contribution in [0.4, 0.5) is 0 Å². The van der Waals surface area contributed by atoms with Gasteiger partial charge in [-0.25, -0.2) is 0 Å². The molecule has 0 amide bonds. The van der Waals surface area contributed by atoms with E-state index < -0.39 is 0 Å². The van der Waals surface area contributed by atoms with E-state index in [0.717, 1.165) is 49.2 Å². The minimum atomic E-state index is -0.297. The second-order valence-electron chi connectivity index (χ2n) is 5.20. The number of hydrogen-bond donors (Lipinski definition) is 1. The predicted octanol–water partition coefficient (Wildman–Crippen LogP) is 2.57. The van der Waals surface area contributed by atoms with Crippen molar-refractivity contribution in [2.45, 2.75) is 44.3 Å². The van der Waals surface area contributed by atoms with Crippen molar-refractivity contribution in [3.05, 3.63) is 23.8 Å². The van der Waals surface area contributed by atoms with Gasteiger partial charge in [0, 0.05) is 0 Å². The molecule has 0 bridgehead atoms. The summed E-state index contributed by atoms with van der Waals surface area (Å²) in [6.07, 6.45) is 4.60. The van der Waals surface area contributed by atoms with Crippen LogP contribution in [-0.2, 0) is 11.2 Å². The molecule has 1 saturated carbocycles. The first-order valence-electron chi connectivity index (χ1n) is 7.25.